The van der Waals surface area contributed by atoms with Crippen molar-refractivity contribution in [1.82, 2.24) is 9.97 Å². The number of fused-ring (bicyclic) bond motifs is 2. The second-order valence-corrected chi connectivity index (χ2v) is 4.45. The topological polar surface area (TPSA) is 75.0 Å². The number of nitrogens with zero attached hydrogens (tertiary/aromatic N) is 2. The molecule has 1 saturated heterocycles. The van der Waals surface area contributed by atoms with Crippen LogP contribution in [0.2, 0.25) is 0 Å². The first kappa shape index (κ1) is 8.76. The lowest BCUT2D eigenvalue weighted by Crippen LogP contribution is -2.34. The summed E-state index contributed by atoms with van der Waals surface area (Å²) >= 11 is 0. The summed E-state index contributed by atoms with van der Waals surface area (Å²) in [6, 6.07) is 0.548. The molecule has 0 radical (unpaired) electrons. The Bertz CT molecular complexity index is 441. The maximum atomic E-state index is 11.4. The highest BCUT2D eigenvalue weighted by molar-refractivity contribution is 5.62. The van der Waals surface area contributed by atoms with E-state index in [1.54, 1.807) is 0 Å². The van der Waals surface area contributed by atoms with Crippen molar-refractivity contribution in [2.45, 2.75) is 25.3 Å². The minimum Gasteiger partial charge on any atom is -0.391 e. The Kier molecular flexibility index (Phi) is 1.74. The molecule has 2 heterocycles. The molecule has 2 bridgehead atoms. The van der Waals surface area contributed by atoms with E-state index in [1.165, 1.54) is 25.6 Å². The zero-order valence-corrected chi connectivity index (χ0v) is 8.44. The van der Waals surface area contributed by atoms with Gasteiger partial charge in [-0.15, -0.1) is 0 Å². The highest BCUT2D eigenvalue weighted by Gasteiger charge is 2.39. The van der Waals surface area contributed by atoms with Gasteiger partial charge >= 0.3 is 0 Å². The quantitative estimate of drug-likeness (QED) is 0.694. The maximum absolute atomic E-state index is 11.4. The molecule has 15 heavy (non-hydrogen) atoms. The average molecular weight is 206 g/mol. The molecule has 0 amide bonds. The first-order chi connectivity index (χ1) is 7.25. The summed E-state index contributed by atoms with van der Waals surface area (Å²) < 4.78 is 0. The van der Waals surface area contributed by atoms with Crippen LogP contribution in [0.1, 0.15) is 19.3 Å². The Morgan fingerprint density at radius 2 is 2.40 bits per heavy atom. The summed E-state index contributed by atoms with van der Waals surface area (Å²) in [4.78, 5) is 20.2. The first-order valence-electron chi connectivity index (χ1n) is 5.35. The minimum absolute atomic E-state index is 0.234. The molecule has 1 aliphatic carbocycles. The monoisotopic (exact) mass is 206 g/mol. The highest BCUT2D eigenvalue weighted by atomic mass is 16.1. The van der Waals surface area contributed by atoms with Crippen LogP contribution in [-0.4, -0.2) is 22.6 Å². The lowest BCUT2D eigenvalue weighted by molar-refractivity contribution is 0.550. The molecule has 2 unspecified atom stereocenters. The van der Waals surface area contributed by atoms with Crippen LogP contribution < -0.4 is 16.2 Å². The number of H-pyrrole nitrogens is 1. The van der Waals surface area contributed by atoms with Crippen LogP contribution in [0.3, 0.4) is 0 Å². The molecule has 0 spiro atoms. The molecule has 80 valence electrons. The van der Waals surface area contributed by atoms with Gasteiger partial charge in [0.1, 0.15) is 5.69 Å². The molecule has 5 heteroatoms. The molecule has 1 aromatic heterocycles. The molecule has 2 aliphatic rings. The van der Waals surface area contributed by atoms with Crippen LogP contribution in [-0.2, 0) is 0 Å². The van der Waals surface area contributed by atoms with Crippen molar-refractivity contribution in [1.29, 1.82) is 0 Å². The van der Waals surface area contributed by atoms with Crippen molar-refractivity contribution >= 4 is 11.5 Å². The van der Waals surface area contributed by atoms with Gasteiger partial charge in [0.15, 0.2) is 5.82 Å². The summed E-state index contributed by atoms with van der Waals surface area (Å²) in [7, 11) is 0. The molecule has 2 fully saturated rings. The van der Waals surface area contributed by atoms with Crippen LogP contribution >= 0.6 is 0 Å². The van der Waals surface area contributed by atoms with Crippen molar-refractivity contribution in [3.63, 3.8) is 0 Å². The van der Waals surface area contributed by atoms with E-state index in [1.807, 2.05) is 0 Å². The van der Waals surface area contributed by atoms with Crippen LogP contribution in [0.25, 0.3) is 0 Å². The Morgan fingerprint density at radius 3 is 3.07 bits per heavy atom. The van der Waals surface area contributed by atoms with E-state index in [-0.39, 0.29) is 11.2 Å². The standard InChI is InChI=1S/C10H14N4O/c11-8-9(12-5-13-10(8)15)14-4-6-1-2-7(14)3-6/h5-7H,1-4,11H2,(H,12,13,15). The predicted molar refractivity (Wildman–Crippen MR) is 57.7 cm³/mol. The number of hydrogen-bond donors (Lipinski definition) is 2. The summed E-state index contributed by atoms with van der Waals surface area (Å²) in [6.07, 6.45) is 5.18. The van der Waals surface area contributed by atoms with Gasteiger partial charge in [0, 0.05) is 12.6 Å². The normalized spacial score (nSPS) is 28.7. The number of aromatic amines is 1. The van der Waals surface area contributed by atoms with E-state index in [2.05, 4.69) is 14.9 Å². The third-order valence-electron chi connectivity index (χ3n) is 3.55. The van der Waals surface area contributed by atoms with Gasteiger partial charge in [-0.2, -0.15) is 0 Å². The van der Waals surface area contributed by atoms with E-state index in [0.29, 0.717) is 11.9 Å². The smallest absolute Gasteiger partial charge is 0.276 e. The van der Waals surface area contributed by atoms with Crippen LogP contribution in [0.15, 0.2) is 11.1 Å². The summed E-state index contributed by atoms with van der Waals surface area (Å²) in [6.45, 7) is 1.01. The van der Waals surface area contributed by atoms with Gasteiger partial charge in [-0.3, -0.25) is 4.79 Å². The molecule has 1 aromatic rings. The third-order valence-corrected chi connectivity index (χ3v) is 3.55. The fraction of sp³-hybridized carbons (Fsp3) is 0.600. The Hall–Kier alpha value is -1.52. The maximum Gasteiger partial charge on any atom is 0.276 e. The summed E-state index contributed by atoms with van der Waals surface area (Å²) in [5.74, 6) is 1.45. The van der Waals surface area contributed by atoms with E-state index < -0.39 is 0 Å². The molecule has 3 N–H and O–H groups in total. The number of nitrogen functional groups attached to an aromatic ring is 1. The first-order valence-corrected chi connectivity index (χ1v) is 5.35. The minimum atomic E-state index is -0.234. The van der Waals surface area contributed by atoms with Gasteiger partial charge in [-0.25, -0.2) is 4.98 Å². The second-order valence-electron chi connectivity index (χ2n) is 4.45. The Labute approximate surface area is 87.3 Å². The molecule has 2 atom stereocenters. The van der Waals surface area contributed by atoms with Gasteiger partial charge in [-0.05, 0) is 25.2 Å². The zero-order valence-electron chi connectivity index (χ0n) is 8.44. The van der Waals surface area contributed by atoms with Crippen molar-refractivity contribution in [2.75, 3.05) is 17.2 Å². The molecule has 3 rings (SSSR count). The SMILES string of the molecule is Nc1c(N2CC3CCC2C3)nc[nH]c1=O. The highest BCUT2D eigenvalue weighted by Crippen LogP contribution is 2.40. The molecular weight excluding hydrogens is 192 g/mol. The number of aromatic nitrogens is 2. The zero-order chi connectivity index (χ0) is 10.4. The van der Waals surface area contributed by atoms with Crippen molar-refractivity contribution < 1.29 is 0 Å². The third kappa shape index (κ3) is 1.22. The van der Waals surface area contributed by atoms with Gasteiger partial charge in [0.25, 0.3) is 5.56 Å². The summed E-state index contributed by atoms with van der Waals surface area (Å²) in [5.41, 5.74) is 5.77. The number of nitrogens with one attached hydrogen (secondary N) is 1. The van der Waals surface area contributed by atoms with Crippen LogP contribution in [0, 0.1) is 5.92 Å². The molecule has 1 aliphatic heterocycles. The number of piperidine rings is 1. The lowest BCUT2D eigenvalue weighted by Gasteiger charge is -2.28. The molecule has 5 nitrogen and oxygen atoms in total. The van der Waals surface area contributed by atoms with E-state index in [9.17, 15) is 4.79 Å². The number of hydrogen-bond acceptors (Lipinski definition) is 4. The lowest BCUT2D eigenvalue weighted by atomic mass is 10.1. The van der Waals surface area contributed by atoms with E-state index in [4.69, 9.17) is 5.73 Å². The second kappa shape index (κ2) is 2.98. The van der Waals surface area contributed by atoms with Gasteiger partial charge in [0.2, 0.25) is 0 Å². The van der Waals surface area contributed by atoms with E-state index >= 15 is 0 Å². The Balaban J connectivity index is 2.00. The van der Waals surface area contributed by atoms with Gasteiger partial charge < -0.3 is 15.6 Å². The van der Waals surface area contributed by atoms with Crippen molar-refractivity contribution in [3.05, 3.63) is 16.7 Å². The molecule has 1 saturated carbocycles. The largest absolute Gasteiger partial charge is 0.391 e. The van der Waals surface area contributed by atoms with Crippen LogP contribution in [0.4, 0.5) is 11.5 Å². The number of rotatable bonds is 1. The van der Waals surface area contributed by atoms with Crippen molar-refractivity contribution in [3.8, 4) is 0 Å². The van der Waals surface area contributed by atoms with Crippen LogP contribution in [0.5, 0.6) is 0 Å². The number of nitrogens with two attached hydrogens (primary N) is 1. The number of anilines is 2. The predicted octanol–water partition coefficient (Wildman–Crippen LogP) is 0.341. The fourth-order valence-corrected chi connectivity index (χ4v) is 2.81. The van der Waals surface area contributed by atoms with E-state index in [0.717, 1.165) is 12.5 Å². The molecule has 0 aromatic carbocycles. The van der Waals surface area contributed by atoms with Gasteiger partial charge in [0.05, 0.1) is 6.33 Å². The summed E-state index contributed by atoms with van der Waals surface area (Å²) in [5, 5.41) is 0. The molecular formula is C10H14N4O. The average Bonchev–Trinajstić information content (AvgIpc) is 2.83. The Morgan fingerprint density at radius 1 is 1.53 bits per heavy atom. The van der Waals surface area contributed by atoms with Gasteiger partial charge in [-0.1, -0.05) is 0 Å². The van der Waals surface area contributed by atoms with Crippen molar-refractivity contribution in [2.24, 2.45) is 5.92 Å². The fourth-order valence-electron chi connectivity index (χ4n) is 2.81.